The number of hydrazine groups is 1. The molecule has 1 aromatic carbocycles. The number of benzene rings is 1. The number of nitrogens with one attached hydrogen (secondary N) is 1. The van der Waals surface area contributed by atoms with Crippen molar-refractivity contribution in [1.29, 1.82) is 0 Å². The summed E-state index contributed by atoms with van der Waals surface area (Å²) in [6.45, 7) is 2.75. The van der Waals surface area contributed by atoms with Crippen LogP contribution in [-0.2, 0) is 9.53 Å². The van der Waals surface area contributed by atoms with Gasteiger partial charge in [0.05, 0.1) is 12.6 Å². The highest BCUT2D eigenvalue weighted by atomic mass is 35.5. The van der Waals surface area contributed by atoms with Gasteiger partial charge in [-0.2, -0.15) is 0 Å². The van der Waals surface area contributed by atoms with Crippen LogP contribution in [0.25, 0.3) is 0 Å². The van der Waals surface area contributed by atoms with Crippen LogP contribution in [0.1, 0.15) is 32.6 Å². The Morgan fingerprint density at radius 2 is 2.13 bits per heavy atom. The fourth-order valence-corrected chi connectivity index (χ4v) is 2.41. The van der Waals surface area contributed by atoms with Gasteiger partial charge in [-0.1, -0.05) is 24.9 Å². The van der Waals surface area contributed by atoms with E-state index in [2.05, 4.69) is 12.3 Å². The fraction of sp³-hybridized carbons (Fsp3) is 0.500. The van der Waals surface area contributed by atoms with E-state index in [1.165, 1.54) is 5.01 Å². The highest BCUT2D eigenvalue weighted by molar-refractivity contribution is 6.30. The molecule has 7 heteroatoms. The first-order valence-corrected chi connectivity index (χ1v) is 8.12. The molecule has 0 radical (unpaired) electrons. The Balaban J connectivity index is 1.80. The first-order valence-electron chi connectivity index (χ1n) is 7.74. The van der Waals surface area contributed by atoms with Gasteiger partial charge in [0, 0.05) is 11.4 Å². The molecule has 126 valence electrons. The average Bonchev–Trinajstić information content (AvgIpc) is 2.92. The van der Waals surface area contributed by atoms with Crippen molar-refractivity contribution in [3.05, 3.63) is 29.3 Å². The number of hydrogen-bond donors (Lipinski definition) is 1. The summed E-state index contributed by atoms with van der Waals surface area (Å²) >= 11 is 5.85. The van der Waals surface area contributed by atoms with Gasteiger partial charge >= 0.3 is 6.09 Å². The van der Waals surface area contributed by atoms with Crippen molar-refractivity contribution in [2.45, 2.75) is 38.7 Å². The lowest BCUT2D eigenvalue weighted by Crippen LogP contribution is -2.42. The quantitative estimate of drug-likeness (QED) is 0.789. The Labute approximate surface area is 140 Å². The number of rotatable bonds is 8. The van der Waals surface area contributed by atoms with Crippen LogP contribution in [0.2, 0.25) is 5.02 Å². The van der Waals surface area contributed by atoms with Crippen LogP contribution in [0.4, 0.5) is 4.79 Å². The van der Waals surface area contributed by atoms with E-state index in [4.69, 9.17) is 21.1 Å². The van der Waals surface area contributed by atoms with Crippen molar-refractivity contribution in [2.24, 2.45) is 0 Å². The van der Waals surface area contributed by atoms with Gasteiger partial charge in [-0.05, 0) is 37.1 Å². The predicted molar refractivity (Wildman–Crippen MR) is 86.2 cm³/mol. The molecule has 1 unspecified atom stereocenters. The highest BCUT2D eigenvalue weighted by Crippen LogP contribution is 2.20. The molecule has 6 nitrogen and oxygen atoms in total. The van der Waals surface area contributed by atoms with Crippen LogP contribution in [0.15, 0.2) is 24.3 Å². The summed E-state index contributed by atoms with van der Waals surface area (Å²) in [6, 6.07) is 7.16. The van der Waals surface area contributed by atoms with E-state index in [1.54, 1.807) is 12.1 Å². The van der Waals surface area contributed by atoms with E-state index in [9.17, 15) is 9.59 Å². The van der Waals surface area contributed by atoms with E-state index in [0.29, 0.717) is 24.6 Å². The molecule has 0 bridgehead atoms. The molecule has 1 atom stereocenters. The molecule has 2 amide bonds. The average molecular weight is 341 g/mol. The zero-order chi connectivity index (χ0) is 16.7. The minimum atomic E-state index is -0.513. The normalized spacial score (nSPS) is 15.2. The summed E-state index contributed by atoms with van der Waals surface area (Å²) in [7, 11) is 0. The summed E-state index contributed by atoms with van der Waals surface area (Å²) in [5, 5.41) is 1.85. The predicted octanol–water partition coefficient (Wildman–Crippen LogP) is 3.15. The van der Waals surface area contributed by atoms with Crippen LogP contribution in [0.3, 0.4) is 0 Å². The molecule has 1 aliphatic heterocycles. The van der Waals surface area contributed by atoms with E-state index >= 15 is 0 Å². The topological polar surface area (TPSA) is 67.9 Å². The van der Waals surface area contributed by atoms with Crippen LogP contribution in [0, 0.1) is 0 Å². The lowest BCUT2D eigenvalue weighted by atomic mass is 10.1. The van der Waals surface area contributed by atoms with Crippen molar-refractivity contribution >= 4 is 23.6 Å². The Hall–Kier alpha value is -1.95. The van der Waals surface area contributed by atoms with Gasteiger partial charge in [0.1, 0.15) is 12.4 Å². The molecule has 1 aliphatic rings. The van der Waals surface area contributed by atoms with Crippen LogP contribution in [0.5, 0.6) is 5.75 Å². The van der Waals surface area contributed by atoms with E-state index in [1.807, 2.05) is 12.1 Å². The molecular weight excluding hydrogens is 320 g/mol. The summed E-state index contributed by atoms with van der Waals surface area (Å²) < 4.78 is 10.7. The SMILES string of the molecule is CCCC(CCC(=O)NN1CCOC1=O)Oc1ccc(Cl)cc1. The molecule has 1 heterocycles. The summed E-state index contributed by atoms with van der Waals surface area (Å²) in [5.41, 5.74) is 2.54. The number of carbonyl (C=O) groups is 2. The third-order valence-electron chi connectivity index (χ3n) is 3.44. The number of cyclic esters (lactones) is 1. The maximum absolute atomic E-state index is 11.9. The minimum Gasteiger partial charge on any atom is -0.490 e. The van der Waals surface area contributed by atoms with Crippen molar-refractivity contribution in [3.63, 3.8) is 0 Å². The first kappa shape index (κ1) is 17.4. The van der Waals surface area contributed by atoms with Crippen LogP contribution < -0.4 is 10.2 Å². The second-order valence-electron chi connectivity index (χ2n) is 5.32. The summed E-state index contributed by atoms with van der Waals surface area (Å²) in [4.78, 5) is 23.2. The van der Waals surface area contributed by atoms with E-state index in [0.717, 1.165) is 18.6 Å². The monoisotopic (exact) mass is 340 g/mol. The Kier molecular flexibility index (Phi) is 6.52. The number of nitrogens with zero attached hydrogens (tertiary/aromatic N) is 1. The molecule has 1 aromatic rings. The van der Waals surface area contributed by atoms with Crippen molar-refractivity contribution in [3.8, 4) is 5.75 Å². The van der Waals surface area contributed by atoms with Crippen LogP contribution in [-0.4, -0.2) is 36.3 Å². The smallest absolute Gasteiger partial charge is 0.428 e. The highest BCUT2D eigenvalue weighted by Gasteiger charge is 2.24. The fourth-order valence-electron chi connectivity index (χ4n) is 2.28. The molecule has 23 heavy (non-hydrogen) atoms. The van der Waals surface area contributed by atoms with Gasteiger partial charge in [-0.15, -0.1) is 0 Å². The Morgan fingerprint density at radius 1 is 1.39 bits per heavy atom. The maximum Gasteiger partial charge on any atom is 0.428 e. The van der Waals surface area contributed by atoms with Crippen LogP contribution >= 0.6 is 11.6 Å². The molecule has 0 spiro atoms. The van der Waals surface area contributed by atoms with Gasteiger partial charge < -0.3 is 9.47 Å². The largest absolute Gasteiger partial charge is 0.490 e. The third-order valence-corrected chi connectivity index (χ3v) is 3.69. The molecular formula is C16H21ClN2O4. The molecule has 0 aliphatic carbocycles. The van der Waals surface area contributed by atoms with Gasteiger partial charge in [0.2, 0.25) is 5.91 Å². The Bertz CT molecular complexity index is 535. The number of carbonyl (C=O) groups excluding carboxylic acids is 2. The zero-order valence-electron chi connectivity index (χ0n) is 13.1. The molecule has 1 saturated heterocycles. The number of ether oxygens (including phenoxy) is 2. The molecule has 2 rings (SSSR count). The van der Waals surface area contributed by atoms with Gasteiger partial charge in [0.15, 0.2) is 0 Å². The first-order chi connectivity index (χ1) is 11.1. The molecule has 0 saturated carbocycles. The van der Waals surface area contributed by atoms with Gasteiger partial charge in [-0.25, -0.2) is 9.80 Å². The van der Waals surface area contributed by atoms with Crippen molar-refractivity contribution in [1.82, 2.24) is 10.4 Å². The third kappa shape index (κ3) is 5.63. The molecule has 1 N–H and O–H groups in total. The van der Waals surface area contributed by atoms with Gasteiger partial charge in [-0.3, -0.25) is 10.2 Å². The second-order valence-corrected chi connectivity index (χ2v) is 5.76. The number of hydrogen-bond acceptors (Lipinski definition) is 4. The maximum atomic E-state index is 11.9. The number of halogens is 1. The molecule has 1 fully saturated rings. The summed E-state index contributed by atoms with van der Waals surface area (Å²) in [5.74, 6) is 0.515. The Morgan fingerprint density at radius 3 is 2.74 bits per heavy atom. The van der Waals surface area contributed by atoms with E-state index < -0.39 is 6.09 Å². The zero-order valence-corrected chi connectivity index (χ0v) is 13.8. The standard InChI is InChI=1S/C16H21ClN2O4/c1-2-3-13(23-14-6-4-12(17)5-7-14)8-9-15(20)18-19-10-11-22-16(19)21/h4-7,13H,2-3,8-11H2,1H3,(H,18,20). The van der Waals surface area contributed by atoms with Crippen molar-refractivity contribution in [2.75, 3.05) is 13.2 Å². The van der Waals surface area contributed by atoms with Gasteiger partial charge in [0.25, 0.3) is 0 Å². The van der Waals surface area contributed by atoms with Crippen molar-refractivity contribution < 1.29 is 19.1 Å². The number of amides is 2. The summed E-state index contributed by atoms with van der Waals surface area (Å²) in [6.07, 6.45) is 2.09. The molecule has 0 aromatic heterocycles. The lowest BCUT2D eigenvalue weighted by Gasteiger charge is -2.19. The minimum absolute atomic E-state index is 0.0579. The second kappa shape index (κ2) is 8.62. The van der Waals surface area contributed by atoms with E-state index in [-0.39, 0.29) is 18.4 Å². The lowest BCUT2D eigenvalue weighted by molar-refractivity contribution is -0.125.